The highest BCUT2D eigenvalue weighted by molar-refractivity contribution is 5.80. The summed E-state index contributed by atoms with van der Waals surface area (Å²) in [4.78, 5) is 10.5. The summed E-state index contributed by atoms with van der Waals surface area (Å²) in [7, 11) is 3.08. The standard InChI is InChI=1S/C16H17NO5/c1-20-13-8-7-12(16(21-2)15(13)17)10-3-5-11(6-4-10)22-9-14(18)19/h3-8H,9,17H2,1-2H3,(H,18,19). The molecule has 0 fully saturated rings. The normalized spacial score (nSPS) is 10.1. The Morgan fingerprint density at radius 1 is 1.09 bits per heavy atom. The molecule has 0 spiro atoms. The highest BCUT2D eigenvalue weighted by Gasteiger charge is 2.13. The Labute approximate surface area is 128 Å². The van der Waals surface area contributed by atoms with Crippen molar-refractivity contribution in [2.75, 3.05) is 26.6 Å². The molecule has 0 aliphatic heterocycles. The number of hydrogen-bond acceptors (Lipinski definition) is 5. The first kappa shape index (κ1) is 15.5. The van der Waals surface area contributed by atoms with Crippen LogP contribution in [0.1, 0.15) is 0 Å². The van der Waals surface area contributed by atoms with Crippen LogP contribution in [0.3, 0.4) is 0 Å². The number of benzene rings is 2. The maximum absolute atomic E-state index is 10.5. The number of anilines is 1. The molecule has 0 saturated carbocycles. The highest BCUT2D eigenvalue weighted by atomic mass is 16.5. The van der Waals surface area contributed by atoms with E-state index in [0.29, 0.717) is 22.9 Å². The van der Waals surface area contributed by atoms with Crippen molar-refractivity contribution in [3.63, 3.8) is 0 Å². The number of nitrogen functional groups attached to an aromatic ring is 1. The number of carbonyl (C=O) groups is 1. The van der Waals surface area contributed by atoms with Gasteiger partial charge in [-0.25, -0.2) is 4.79 Å². The SMILES string of the molecule is COc1ccc(-c2ccc(OCC(=O)O)cc2)c(OC)c1N. The summed E-state index contributed by atoms with van der Waals surface area (Å²) in [5.41, 5.74) is 8.12. The molecule has 3 N–H and O–H groups in total. The maximum Gasteiger partial charge on any atom is 0.341 e. The second-order valence-electron chi connectivity index (χ2n) is 4.47. The molecule has 6 nitrogen and oxygen atoms in total. The van der Waals surface area contributed by atoms with Gasteiger partial charge in [-0.1, -0.05) is 12.1 Å². The predicted octanol–water partition coefficient (Wildman–Crippen LogP) is 2.42. The van der Waals surface area contributed by atoms with E-state index in [1.807, 2.05) is 6.07 Å². The minimum absolute atomic E-state index is 0.377. The maximum atomic E-state index is 10.5. The molecule has 0 aliphatic carbocycles. The molecule has 116 valence electrons. The second-order valence-corrected chi connectivity index (χ2v) is 4.47. The van der Waals surface area contributed by atoms with Crippen LogP contribution in [0.4, 0.5) is 5.69 Å². The Balaban J connectivity index is 2.32. The largest absolute Gasteiger partial charge is 0.494 e. The second kappa shape index (κ2) is 6.71. The van der Waals surface area contributed by atoms with Crippen LogP contribution in [0.15, 0.2) is 36.4 Å². The van der Waals surface area contributed by atoms with Gasteiger partial charge in [-0.05, 0) is 29.8 Å². The Bertz CT molecular complexity index is 667. The zero-order valence-corrected chi connectivity index (χ0v) is 12.3. The Kier molecular flexibility index (Phi) is 4.73. The zero-order chi connectivity index (χ0) is 16.1. The van der Waals surface area contributed by atoms with E-state index in [9.17, 15) is 4.79 Å². The molecule has 2 rings (SSSR count). The molecule has 0 atom stereocenters. The average molecular weight is 303 g/mol. The van der Waals surface area contributed by atoms with Crippen LogP contribution in [0, 0.1) is 0 Å². The van der Waals surface area contributed by atoms with E-state index < -0.39 is 5.97 Å². The number of hydrogen-bond donors (Lipinski definition) is 2. The van der Waals surface area contributed by atoms with Gasteiger partial charge in [0, 0.05) is 5.56 Å². The summed E-state index contributed by atoms with van der Waals surface area (Å²) in [6, 6.07) is 10.6. The lowest BCUT2D eigenvalue weighted by Gasteiger charge is -2.14. The van der Waals surface area contributed by atoms with Gasteiger partial charge in [-0.2, -0.15) is 0 Å². The molecule has 6 heteroatoms. The van der Waals surface area contributed by atoms with Crippen molar-refractivity contribution in [3.8, 4) is 28.4 Å². The minimum atomic E-state index is -1.02. The van der Waals surface area contributed by atoms with Gasteiger partial charge < -0.3 is 25.1 Å². The van der Waals surface area contributed by atoms with Crippen molar-refractivity contribution in [1.29, 1.82) is 0 Å². The summed E-state index contributed by atoms with van der Waals surface area (Å²) in [5, 5.41) is 8.59. The van der Waals surface area contributed by atoms with Crippen molar-refractivity contribution in [2.24, 2.45) is 0 Å². The van der Waals surface area contributed by atoms with E-state index in [1.165, 1.54) is 0 Å². The molecule has 22 heavy (non-hydrogen) atoms. The van der Waals surface area contributed by atoms with Crippen molar-refractivity contribution >= 4 is 11.7 Å². The Morgan fingerprint density at radius 3 is 2.32 bits per heavy atom. The van der Waals surface area contributed by atoms with Crippen LogP contribution in [-0.2, 0) is 4.79 Å². The van der Waals surface area contributed by atoms with Gasteiger partial charge in [0.15, 0.2) is 12.4 Å². The van der Waals surface area contributed by atoms with Gasteiger partial charge >= 0.3 is 5.97 Å². The first-order chi connectivity index (χ1) is 10.6. The number of nitrogens with two attached hydrogens (primary N) is 1. The van der Waals surface area contributed by atoms with Gasteiger partial charge in [-0.15, -0.1) is 0 Å². The summed E-state index contributed by atoms with van der Waals surface area (Å²) in [6.45, 7) is -0.377. The zero-order valence-electron chi connectivity index (χ0n) is 12.3. The lowest BCUT2D eigenvalue weighted by atomic mass is 10.0. The highest BCUT2D eigenvalue weighted by Crippen LogP contribution is 2.40. The quantitative estimate of drug-likeness (QED) is 0.796. The smallest absolute Gasteiger partial charge is 0.341 e. The van der Waals surface area contributed by atoms with Gasteiger partial charge in [-0.3, -0.25) is 0 Å². The Morgan fingerprint density at radius 2 is 1.77 bits per heavy atom. The topological polar surface area (TPSA) is 91.0 Å². The number of rotatable bonds is 6. The molecule has 0 aromatic heterocycles. The van der Waals surface area contributed by atoms with E-state index in [1.54, 1.807) is 44.6 Å². The van der Waals surface area contributed by atoms with Gasteiger partial charge in [0.25, 0.3) is 0 Å². The molecular formula is C16H17NO5. The van der Waals surface area contributed by atoms with E-state index in [2.05, 4.69) is 0 Å². The number of ether oxygens (including phenoxy) is 3. The molecule has 0 saturated heterocycles. The molecule has 2 aromatic rings. The third-order valence-corrected chi connectivity index (χ3v) is 3.11. The van der Waals surface area contributed by atoms with Crippen LogP contribution in [0.2, 0.25) is 0 Å². The van der Waals surface area contributed by atoms with Gasteiger partial charge in [0.2, 0.25) is 0 Å². The van der Waals surface area contributed by atoms with Crippen LogP contribution < -0.4 is 19.9 Å². The van der Waals surface area contributed by atoms with E-state index in [0.717, 1.165) is 11.1 Å². The third kappa shape index (κ3) is 3.22. The van der Waals surface area contributed by atoms with E-state index in [-0.39, 0.29) is 6.61 Å². The molecule has 0 unspecified atom stereocenters. The number of carboxylic acids is 1. The average Bonchev–Trinajstić information content (AvgIpc) is 2.53. The summed E-state index contributed by atoms with van der Waals surface area (Å²) in [5.74, 6) is 0.529. The van der Waals surface area contributed by atoms with Crippen molar-refractivity contribution in [3.05, 3.63) is 36.4 Å². The van der Waals surface area contributed by atoms with Crippen molar-refractivity contribution < 1.29 is 24.1 Å². The van der Waals surface area contributed by atoms with Crippen LogP contribution >= 0.6 is 0 Å². The molecular weight excluding hydrogens is 286 g/mol. The Hall–Kier alpha value is -2.89. The van der Waals surface area contributed by atoms with Crippen molar-refractivity contribution in [2.45, 2.75) is 0 Å². The van der Waals surface area contributed by atoms with E-state index in [4.69, 9.17) is 25.1 Å². The molecule has 0 radical (unpaired) electrons. The molecule has 0 amide bonds. The minimum Gasteiger partial charge on any atom is -0.494 e. The lowest BCUT2D eigenvalue weighted by Crippen LogP contribution is -2.09. The fourth-order valence-electron chi connectivity index (χ4n) is 2.08. The van der Waals surface area contributed by atoms with Crippen LogP contribution in [0.25, 0.3) is 11.1 Å². The monoisotopic (exact) mass is 303 g/mol. The van der Waals surface area contributed by atoms with Crippen LogP contribution in [0.5, 0.6) is 17.2 Å². The molecule has 2 aromatic carbocycles. The number of carboxylic acid groups (broad SMARTS) is 1. The molecule has 0 bridgehead atoms. The predicted molar refractivity (Wildman–Crippen MR) is 82.5 cm³/mol. The number of aliphatic carboxylic acids is 1. The van der Waals surface area contributed by atoms with E-state index >= 15 is 0 Å². The summed E-state index contributed by atoms with van der Waals surface area (Å²) < 4.78 is 15.6. The van der Waals surface area contributed by atoms with Gasteiger partial charge in [0.1, 0.15) is 17.2 Å². The van der Waals surface area contributed by atoms with Gasteiger partial charge in [0.05, 0.1) is 14.2 Å². The lowest BCUT2D eigenvalue weighted by molar-refractivity contribution is -0.139. The summed E-state index contributed by atoms with van der Waals surface area (Å²) >= 11 is 0. The first-order valence-electron chi connectivity index (χ1n) is 6.52. The fraction of sp³-hybridized carbons (Fsp3) is 0.188. The third-order valence-electron chi connectivity index (χ3n) is 3.11. The fourth-order valence-corrected chi connectivity index (χ4v) is 2.08. The first-order valence-corrected chi connectivity index (χ1v) is 6.52. The number of methoxy groups -OCH3 is 2. The molecule has 0 heterocycles. The summed E-state index contributed by atoms with van der Waals surface area (Å²) in [6.07, 6.45) is 0. The molecule has 0 aliphatic rings. The van der Waals surface area contributed by atoms with Crippen molar-refractivity contribution in [1.82, 2.24) is 0 Å². The van der Waals surface area contributed by atoms with Crippen LogP contribution in [-0.4, -0.2) is 31.9 Å².